The number of fused-ring (bicyclic) bond motifs is 1. The molecule has 1 aliphatic rings. The van der Waals surface area contributed by atoms with Crippen LogP contribution in [0.3, 0.4) is 0 Å². The van der Waals surface area contributed by atoms with E-state index < -0.39 is 5.54 Å². The van der Waals surface area contributed by atoms with E-state index in [1.54, 1.807) is 12.1 Å². The van der Waals surface area contributed by atoms with Gasteiger partial charge in [0, 0.05) is 47.0 Å². The van der Waals surface area contributed by atoms with E-state index in [-0.39, 0.29) is 23.5 Å². The first-order valence-corrected chi connectivity index (χ1v) is 13.5. The molecule has 0 atom stereocenters. The number of piperidine rings is 1. The van der Waals surface area contributed by atoms with Gasteiger partial charge in [0.1, 0.15) is 11.5 Å². The molecule has 1 aliphatic heterocycles. The van der Waals surface area contributed by atoms with Crippen molar-refractivity contribution in [3.8, 4) is 0 Å². The first-order chi connectivity index (χ1) is 17.8. The molecule has 2 aromatic heterocycles. The van der Waals surface area contributed by atoms with Crippen LogP contribution in [0.5, 0.6) is 0 Å². The van der Waals surface area contributed by atoms with E-state index in [0.717, 1.165) is 39.9 Å². The fourth-order valence-electron chi connectivity index (χ4n) is 5.04. The van der Waals surface area contributed by atoms with Gasteiger partial charge in [-0.15, -0.1) is 11.3 Å². The van der Waals surface area contributed by atoms with E-state index in [9.17, 15) is 14.0 Å². The molecule has 0 aliphatic carbocycles. The number of hydrogen-bond acceptors (Lipinski definition) is 4. The number of aromatic nitrogens is 2. The van der Waals surface area contributed by atoms with Gasteiger partial charge in [0.05, 0.1) is 11.4 Å². The number of para-hydroxylation sites is 1. The lowest BCUT2D eigenvalue weighted by Crippen LogP contribution is -2.45. The molecule has 5 rings (SSSR count). The summed E-state index contributed by atoms with van der Waals surface area (Å²) in [5.74, 6) is -0.0901. The van der Waals surface area contributed by atoms with Crippen molar-refractivity contribution >= 4 is 34.1 Å². The third-order valence-electron chi connectivity index (χ3n) is 6.98. The first-order valence-electron chi connectivity index (χ1n) is 12.6. The number of nitrogens with one attached hydrogen (secondary N) is 2. The van der Waals surface area contributed by atoms with Crippen LogP contribution in [-0.2, 0) is 17.6 Å². The van der Waals surface area contributed by atoms with Crippen molar-refractivity contribution in [2.45, 2.75) is 51.0 Å². The number of aromatic amines is 1. The summed E-state index contributed by atoms with van der Waals surface area (Å²) in [7, 11) is 0. The van der Waals surface area contributed by atoms with Crippen molar-refractivity contribution in [2.24, 2.45) is 0 Å². The molecule has 0 saturated carbocycles. The molecule has 1 saturated heterocycles. The summed E-state index contributed by atoms with van der Waals surface area (Å²) in [6, 6.07) is 14.4. The zero-order chi connectivity index (χ0) is 26.0. The number of carbonyl (C=O) groups excluding carboxylic acids is 2. The topological polar surface area (TPSA) is 78.1 Å². The predicted octanol–water partition coefficient (Wildman–Crippen LogP) is 5.46. The van der Waals surface area contributed by atoms with Gasteiger partial charge >= 0.3 is 0 Å². The highest BCUT2D eigenvalue weighted by Crippen LogP contribution is 2.31. The molecule has 0 radical (unpaired) electrons. The lowest BCUT2D eigenvalue weighted by molar-refractivity contribution is -0.131. The molecule has 1 fully saturated rings. The minimum atomic E-state index is -0.505. The molecule has 2 amide bonds. The van der Waals surface area contributed by atoms with Crippen LogP contribution in [0.15, 0.2) is 60.1 Å². The molecule has 0 bridgehead atoms. The third-order valence-corrected chi connectivity index (χ3v) is 7.99. The summed E-state index contributed by atoms with van der Waals surface area (Å²) >= 11 is 1.51. The Morgan fingerprint density at radius 3 is 2.62 bits per heavy atom. The predicted molar refractivity (Wildman–Crippen MR) is 144 cm³/mol. The van der Waals surface area contributed by atoms with Crippen LogP contribution >= 0.6 is 11.3 Å². The van der Waals surface area contributed by atoms with Gasteiger partial charge < -0.3 is 15.2 Å². The maximum absolute atomic E-state index is 13.2. The van der Waals surface area contributed by atoms with Crippen molar-refractivity contribution in [1.82, 2.24) is 20.2 Å². The smallest absolute Gasteiger partial charge is 0.271 e. The maximum Gasteiger partial charge on any atom is 0.271 e. The Morgan fingerprint density at radius 2 is 1.86 bits per heavy atom. The van der Waals surface area contributed by atoms with Crippen molar-refractivity contribution in [2.75, 3.05) is 13.1 Å². The van der Waals surface area contributed by atoms with E-state index in [2.05, 4.69) is 15.3 Å². The lowest BCUT2D eigenvalue weighted by Gasteiger charge is -2.31. The number of rotatable bonds is 7. The zero-order valence-corrected chi connectivity index (χ0v) is 21.9. The summed E-state index contributed by atoms with van der Waals surface area (Å²) in [4.78, 5) is 35.7. The molecule has 4 aromatic rings. The van der Waals surface area contributed by atoms with Gasteiger partial charge in [-0.05, 0) is 62.4 Å². The average Bonchev–Trinajstić information content (AvgIpc) is 3.53. The summed E-state index contributed by atoms with van der Waals surface area (Å²) in [6.45, 7) is 5.28. The van der Waals surface area contributed by atoms with Crippen LogP contribution in [0.1, 0.15) is 59.2 Å². The molecule has 192 valence electrons. The minimum Gasteiger partial charge on any atom is -0.361 e. The number of amides is 2. The Bertz CT molecular complexity index is 1400. The van der Waals surface area contributed by atoms with Crippen LogP contribution in [-0.4, -0.2) is 45.3 Å². The number of thiazole rings is 1. The molecule has 6 nitrogen and oxygen atoms in total. The number of likely N-dealkylation sites (tertiary alicyclic amines) is 1. The highest BCUT2D eigenvalue weighted by Gasteiger charge is 2.28. The molecule has 0 unspecified atom stereocenters. The number of nitrogens with zero attached hydrogens (tertiary/aromatic N) is 2. The van der Waals surface area contributed by atoms with Crippen LogP contribution in [0.2, 0.25) is 0 Å². The number of halogens is 1. The van der Waals surface area contributed by atoms with Crippen LogP contribution < -0.4 is 5.32 Å². The standard InChI is InChI=1S/C29H31FN4O2S/c1-29(2,16-19-7-9-22(30)10-8-19)33-27(36)25-18-37-28(32-25)20-11-13-34(14-12-20)26(35)15-21-17-31-24-6-4-3-5-23(21)24/h3-10,17-18,20,31H,11-16H2,1-2H3,(H,33,36). The van der Waals surface area contributed by atoms with Crippen molar-refractivity contribution in [3.05, 3.63) is 87.8 Å². The highest BCUT2D eigenvalue weighted by atomic mass is 32.1. The van der Waals surface area contributed by atoms with Gasteiger partial charge in [0.25, 0.3) is 5.91 Å². The molecule has 2 aromatic carbocycles. The first kappa shape index (κ1) is 25.1. The number of carbonyl (C=O) groups is 2. The van der Waals surface area contributed by atoms with Gasteiger partial charge in [-0.1, -0.05) is 30.3 Å². The number of hydrogen-bond donors (Lipinski definition) is 2. The van der Waals surface area contributed by atoms with E-state index in [0.29, 0.717) is 31.6 Å². The van der Waals surface area contributed by atoms with Gasteiger partial charge in [0.2, 0.25) is 5.91 Å². The SMILES string of the molecule is CC(C)(Cc1ccc(F)cc1)NC(=O)c1csc(C2CCN(C(=O)Cc3c[nH]c4ccccc34)CC2)n1. The van der Waals surface area contributed by atoms with Crippen molar-refractivity contribution in [3.63, 3.8) is 0 Å². The number of H-pyrrole nitrogens is 1. The van der Waals surface area contributed by atoms with E-state index in [4.69, 9.17) is 0 Å². The highest BCUT2D eigenvalue weighted by molar-refractivity contribution is 7.09. The Hall–Kier alpha value is -3.52. The van der Waals surface area contributed by atoms with E-state index in [1.807, 2.05) is 54.6 Å². The average molecular weight is 519 g/mol. The fraction of sp³-hybridized carbons (Fsp3) is 0.345. The van der Waals surface area contributed by atoms with Crippen LogP contribution in [0, 0.1) is 5.82 Å². The van der Waals surface area contributed by atoms with Crippen molar-refractivity contribution in [1.29, 1.82) is 0 Å². The second-order valence-electron chi connectivity index (χ2n) is 10.4. The van der Waals surface area contributed by atoms with Gasteiger partial charge in [-0.3, -0.25) is 9.59 Å². The van der Waals surface area contributed by atoms with E-state index >= 15 is 0 Å². The summed E-state index contributed by atoms with van der Waals surface area (Å²) in [5.41, 5.74) is 2.95. The van der Waals surface area contributed by atoms with Crippen LogP contribution in [0.4, 0.5) is 4.39 Å². The second kappa shape index (κ2) is 10.5. The molecule has 2 N–H and O–H groups in total. The summed E-state index contributed by atoms with van der Waals surface area (Å²) in [5, 5.41) is 6.92. The van der Waals surface area contributed by atoms with Crippen LogP contribution in [0.25, 0.3) is 10.9 Å². The third kappa shape index (κ3) is 5.91. The van der Waals surface area contributed by atoms with Gasteiger partial charge in [0.15, 0.2) is 0 Å². The Balaban J connectivity index is 1.14. The Labute approximate surface area is 219 Å². The quantitative estimate of drug-likeness (QED) is 0.341. The zero-order valence-electron chi connectivity index (χ0n) is 21.1. The largest absolute Gasteiger partial charge is 0.361 e. The summed E-state index contributed by atoms with van der Waals surface area (Å²) < 4.78 is 13.2. The number of benzene rings is 2. The molecule has 8 heteroatoms. The minimum absolute atomic E-state index is 0.144. The second-order valence-corrected chi connectivity index (χ2v) is 11.3. The molecule has 3 heterocycles. The molecule has 0 spiro atoms. The summed E-state index contributed by atoms with van der Waals surface area (Å²) in [6.07, 6.45) is 4.58. The normalized spacial score (nSPS) is 14.7. The molecular weight excluding hydrogens is 487 g/mol. The van der Waals surface area contributed by atoms with E-state index in [1.165, 1.54) is 23.5 Å². The lowest BCUT2D eigenvalue weighted by atomic mass is 9.94. The Kier molecular flexibility index (Phi) is 7.11. The van der Waals surface area contributed by atoms with Crippen molar-refractivity contribution < 1.29 is 14.0 Å². The Morgan fingerprint density at radius 1 is 1.14 bits per heavy atom. The monoisotopic (exact) mass is 518 g/mol. The van der Waals surface area contributed by atoms with Gasteiger partial charge in [-0.25, -0.2) is 9.37 Å². The maximum atomic E-state index is 13.2. The molecular formula is C29H31FN4O2S. The van der Waals surface area contributed by atoms with Gasteiger partial charge in [-0.2, -0.15) is 0 Å². The fourth-order valence-corrected chi connectivity index (χ4v) is 6.01. The molecule has 37 heavy (non-hydrogen) atoms.